The SMILES string of the molecule is CC(N)C(C)C(=O)NCC(O)c1c(Cl)cccc1Cl. The normalized spacial score (nSPS) is 15.7. The van der Waals surface area contributed by atoms with Gasteiger partial charge in [-0.3, -0.25) is 4.79 Å². The molecule has 1 aromatic carbocycles. The number of hydrogen-bond donors (Lipinski definition) is 3. The molecule has 0 fully saturated rings. The van der Waals surface area contributed by atoms with Crippen LogP contribution in [0.1, 0.15) is 25.5 Å². The molecular weight excluding hydrogens is 287 g/mol. The lowest BCUT2D eigenvalue weighted by molar-refractivity contribution is -0.125. The maximum Gasteiger partial charge on any atom is 0.224 e. The van der Waals surface area contributed by atoms with Gasteiger partial charge in [-0.1, -0.05) is 36.2 Å². The van der Waals surface area contributed by atoms with Crippen LogP contribution in [0.3, 0.4) is 0 Å². The summed E-state index contributed by atoms with van der Waals surface area (Å²) in [6.07, 6.45) is -0.953. The number of carbonyl (C=O) groups excluding carboxylic acids is 1. The van der Waals surface area contributed by atoms with Crippen molar-refractivity contribution in [2.75, 3.05) is 6.54 Å². The van der Waals surface area contributed by atoms with Gasteiger partial charge in [-0.2, -0.15) is 0 Å². The van der Waals surface area contributed by atoms with Crippen molar-refractivity contribution in [3.8, 4) is 0 Å². The average Bonchev–Trinajstić information content (AvgIpc) is 2.34. The van der Waals surface area contributed by atoms with Crippen molar-refractivity contribution in [3.63, 3.8) is 0 Å². The minimum absolute atomic E-state index is 0.0410. The number of nitrogens with one attached hydrogen (secondary N) is 1. The molecule has 0 saturated carbocycles. The zero-order chi connectivity index (χ0) is 14.6. The van der Waals surface area contributed by atoms with Crippen LogP contribution in [0.4, 0.5) is 0 Å². The number of benzene rings is 1. The lowest BCUT2D eigenvalue weighted by Gasteiger charge is -2.18. The molecule has 0 heterocycles. The van der Waals surface area contributed by atoms with E-state index in [-0.39, 0.29) is 24.4 Å². The number of nitrogens with two attached hydrogens (primary N) is 1. The van der Waals surface area contributed by atoms with E-state index in [1.165, 1.54) is 0 Å². The average molecular weight is 305 g/mol. The topological polar surface area (TPSA) is 75.4 Å². The van der Waals surface area contributed by atoms with Gasteiger partial charge in [0.1, 0.15) is 0 Å². The second-order valence-corrected chi connectivity index (χ2v) is 5.36. The molecule has 3 unspecified atom stereocenters. The van der Waals surface area contributed by atoms with Gasteiger partial charge in [0, 0.05) is 34.1 Å². The Kier molecular flexibility index (Phi) is 6.07. The minimum Gasteiger partial charge on any atom is -0.386 e. The van der Waals surface area contributed by atoms with Gasteiger partial charge in [0.15, 0.2) is 0 Å². The first kappa shape index (κ1) is 16.2. The Bertz CT molecular complexity index is 432. The Labute approximate surface area is 122 Å². The second kappa shape index (κ2) is 7.10. The number of aliphatic hydroxyl groups is 1. The Hall–Kier alpha value is -0.810. The molecule has 0 saturated heterocycles. The molecule has 1 rings (SSSR count). The minimum atomic E-state index is -0.953. The van der Waals surface area contributed by atoms with E-state index in [0.29, 0.717) is 15.6 Å². The largest absolute Gasteiger partial charge is 0.386 e. The van der Waals surface area contributed by atoms with Crippen molar-refractivity contribution in [2.24, 2.45) is 11.7 Å². The lowest BCUT2D eigenvalue weighted by Crippen LogP contribution is -2.40. The van der Waals surface area contributed by atoms with Crippen molar-refractivity contribution in [1.82, 2.24) is 5.32 Å². The summed E-state index contributed by atoms with van der Waals surface area (Å²) in [5, 5.41) is 13.4. The van der Waals surface area contributed by atoms with Gasteiger partial charge >= 0.3 is 0 Å². The van der Waals surface area contributed by atoms with Crippen molar-refractivity contribution in [3.05, 3.63) is 33.8 Å². The fourth-order valence-electron chi connectivity index (χ4n) is 1.53. The molecule has 0 aliphatic carbocycles. The van der Waals surface area contributed by atoms with Crippen LogP contribution in [0.5, 0.6) is 0 Å². The van der Waals surface area contributed by atoms with E-state index in [4.69, 9.17) is 28.9 Å². The molecule has 6 heteroatoms. The molecule has 1 amide bonds. The van der Waals surface area contributed by atoms with Crippen LogP contribution in [-0.4, -0.2) is 23.6 Å². The molecule has 0 radical (unpaired) electrons. The maximum atomic E-state index is 11.7. The molecule has 106 valence electrons. The number of halogens is 2. The van der Waals surface area contributed by atoms with Crippen molar-refractivity contribution in [1.29, 1.82) is 0 Å². The Balaban J connectivity index is 2.66. The summed E-state index contributed by atoms with van der Waals surface area (Å²) in [4.78, 5) is 11.7. The van der Waals surface area contributed by atoms with Gasteiger partial charge in [-0.05, 0) is 19.1 Å². The Morgan fingerprint density at radius 2 is 1.89 bits per heavy atom. The molecular formula is C13H18Cl2N2O2. The highest BCUT2D eigenvalue weighted by Gasteiger charge is 2.20. The van der Waals surface area contributed by atoms with Gasteiger partial charge in [-0.15, -0.1) is 0 Å². The molecule has 0 aromatic heterocycles. The third-order valence-electron chi connectivity index (χ3n) is 3.00. The predicted octanol–water partition coefficient (Wildman–Crippen LogP) is 2.13. The van der Waals surface area contributed by atoms with Gasteiger partial charge in [-0.25, -0.2) is 0 Å². The standard InChI is InChI=1S/C13H18Cl2N2O2/c1-7(8(2)16)13(19)17-6-11(18)12-9(14)4-3-5-10(12)15/h3-5,7-8,11,18H,6,16H2,1-2H3,(H,17,19). The summed E-state index contributed by atoms with van der Waals surface area (Å²) in [7, 11) is 0. The quantitative estimate of drug-likeness (QED) is 0.780. The fraction of sp³-hybridized carbons (Fsp3) is 0.462. The monoisotopic (exact) mass is 304 g/mol. The van der Waals surface area contributed by atoms with Crippen LogP contribution in [0, 0.1) is 5.92 Å². The summed E-state index contributed by atoms with van der Waals surface area (Å²) in [5.74, 6) is -0.536. The first-order valence-corrected chi connectivity index (χ1v) is 6.75. The van der Waals surface area contributed by atoms with Crippen molar-refractivity contribution < 1.29 is 9.90 Å². The molecule has 19 heavy (non-hydrogen) atoms. The van der Waals surface area contributed by atoms with Crippen LogP contribution >= 0.6 is 23.2 Å². The van der Waals surface area contributed by atoms with E-state index >= 15 is 0 Å². The lowest BCUT2D eigenvalue weighted by atomic mass is 10.0. The number of amides is 1. The summed E-state index contributed by atoms with van der Waals surface area (Å²) in [5.41, 5.74) is 6.05. The molecule has 4 N–H and O–H groups in total. The van der Waals surface area contributed by atoms with Crippen molar-refractivity contribution >= 4 is 29.1 Å². The third-order valence-corrected chi connectivity index (χ3v) is 3.66. The van der Waals surface area contributed by atoms with E-state index in [2.05, 4.69) is 5.32 Å². The third kappa shape index (κ3) is 4.35. The van der Waals surface area contributed by atoms with Gasteiger partial charge < -0.3 is 16.2 Å². The van der Waals surface area contributed by atoms with Crippen molar-refractivity contribution in [2.45, 2.75) is 26.0 Å². The summed E-state index contributed by atoms with van der Waals surface area (Å²) in [6.45, 7) is 3.53. The smallest absolute Gasteiger partial charge is 0.224 e. The van der Waals surface area contributed by atoms with Crippen LogP contribution in [0.25, 0.3) is 0 Å². The molecule has 0 bridgehead atoms. The molecule has 1 aromatic rings. The highest BCUT2D eigenvalue weighted by atomic mass is 35.5. The number of carbonyl (C=O) groups is 1. The maximum absolute atomic E-state index is 11.7. The number of rotatable bonds is 5. The van der Waals surface area contributed by atoms with Crippen LogP contribution in [0.2, 0.25) is 10.0 Å². The molecule has 4 nitrogen and oxygen atoms in total. The molecule has 0 aliphatic heterocycles. The van der Waals surface area contributed by atoms with Crippen LogP contribution in [0.15, 0.2) is 18.2 Å². The molecule has 0 aliphatic rings. The first-order valence-electron chi connectivity index (χ1n) is 5.99. The summed E-state index contributed by atoms with van der Waals surface area (Å²) < 4.78 is 0. The second-order valence-electron chi connectivity index (χ2n) is 4.54. The number of aliphatic hydroxyl groups excluding tert-OH is 1. The Morgan fingerprint density at radius 1 is 1.37 bits per heavy atom. The summed E-state index contributed by atoms with van der Waals surface area (Å²) in [6, 6.07) is 4.72. The Morgan fingerprint density at radius 3 is 2.37 bits per heavy atom. The molecule has 3 atom stereocenters. The predicted molar refractivity (Wildman–Crippen MR) is 77.2 cm³/mol. The zero-order valence-electron chi connectivity index (χ0n) is 10.9. The van der Waals surface area contributed by atoms with E-state index in [1.54, 1.807) is 32.0 Å². The van der Waals surface area contributed by atoms with Crippen LogP contribution < -0.4 is 11.1 Å². The summed E-state index contributed by atoms with van der Waals surface area (Å²) >= 11 is 12.0. The van der Waals surface area contributed by atoms with Gasteiger partial charge in [0.25, 0.3) is 0 Å². The molecule has 0 spiro atoms. The van der Waals surface area contributed by atoms with Gasteiger partial charge in [0.05, 0.1) is 6.10 Å². The van der Waals surface area contributed by atoms with E-state index < -0.39 is 6.10 Å². The highest BCUT2D eigenvalue weighted by molar-refractivity contribution is 6.36. The number of hydrogen-bond acceptors (Lipinski definition) is 3. The van der Waals surface area contributed by atoms with E-state index in [9.17, 15) is 9.90 Å². The van der Waals surface area contributed by atoms with E-state index in [1.807, 2.05) is 0 Å². The fourth-order valence-corrected chi connectivity index (χ4v) is 2.18. The van der Waals surface area contributed by atoms with Crippen LogP contribution in [-0.2, 0) is 4.79 Å². The zero-order valence-corrected chi connectivity index (χ0v) is 12.4. The van der Waals surface area contributed by atoms with E-state index in [0.717, 1.165) is 0 Å². The first-order chi connectivity index (χ1) is 8.84. The van der Waals surface area contributed by atoms with Gasteiger partial charge in [0.2, 0.25) is 5.91 Å². The highest BCUT2D eigenvalue weighted by Crippen LogP contribution is 2.29.